The van der Waals surface area contributed by atoms with Gasteiger partial charge in [-0.3, -0.25) is 0 Å². The van der Waals surface area contributed by atoms with E-state index in [1.807, 2.05) is 0 Å². The van der Waals surface area contributed by atoms with Crippen molar-refractivity contribution in [2.24, 2.45) is 0 Å². The Kier molecular flexibility index (Phi) is 4.36. The van der Waals surface area contributed by atoms with Gasteiger partial charge in [0.05, 0.1) is 13.2 Å². The van der Waals surface area contributed by atoms with Gasteiger partial charge < -0.3 is 14.7 Å². The summed E-state index contributed by atoms with van der Waals surface area (Å²) in [5.41, 5.74) is 0.883. The van der Waals surface area contributed by atoms with Crippen LogP contribution in [0.1, 0.15) is 5.56 Å². The Labute approximate surface area is 86.2 Å². The third kappa shape index (κ3) is 4.82. The molecule has 6 nitrogen and oxygen atoms in total. The maximum atomic E-state index is 9.77. The zero-order chi connectivity index (χ0) is 11.1. The van der Waals surface area contributed by atoms with Crippen molar-refractivity contribution in [3.8, 4) is 5.75 Å². The number of ether oxygens (including phenoxy) is 1. The predicted molar refractivity (Wildman–Crippen MR) is 50.7 cm³/mol. The zero-order valence-electron chi connectivity index (χ0n) is 7.96. The van der Waals surface area contributed by atoms with Crippen LogP contribution in [0.2, 0.25) is 0 Å². The molecular weight excluding hydrogens is 202 g/mol. The molecule has 1 aromatic rings. The van der Waals surface area contributed by atoms with Crippen molar-refractivity contribution < 1.29 is 19.8 Å². The molecule has 1 N–H and O–H groups in total. The molecule has 0 saturated heterocycles. The van der Waals surface area contributed by atoms with Crippen LogP contribution in [-0.2, 0) is 16.2 Å². The third-order valence-electron chi connectivity index (χ3n) is 1.63. The van der Waals surface area contributed by atoms with Crippen LogP contribution in [0, 0.1) is 10.1 Å². The molecule has 0 aliphatic carbocycles. The molecule has 6 heteroatoms. The lowest BCUT2D eigenvalue weighted by molar-refractivity contribution is -0.758. The number of nitrogens with zero attached hydrogens (tertiary/aromatic N) is 1. The SMILES string of the molecule is O=[N+]([O-])OCCOCc1ccc(O)cc1. The molecule has 0 heterocycles. The van der Waals surface area contributed by atoms with Crippen LogP contribution in [0.5, 0.6) is 5.75 Å². The Morgan fingerprint density at radius 3 is 2.53 bits per heavy atom. The Morgan fingerprint density at radius 2 is 1.93 bits per heavy atom. The largest absolute Gasteiger partial charge is 0.508 e. The second-order valence-corrected chi connectivity index (χ2v) is 2.78. The number of aromatic hydroxyl groups is 1. The van der Waals surface area contributed by atoms with Crippen molar-refractivity contribution in [2.45, 2.75) is 6.61 Å². The van der Waals surface area contributed by atoms with Crippen LogP contribution in [0.4, 0.5) is 0 Å². The third-order valence-corrected chi connectivity index (χ3v) is 1.63. The Balaban J connectivity index is 2.15. The van der Waals surface area contributed by atoms with E-state index in [9.17, 15) is 10.1 Å². The first-order valence-corrected chi connectivity index (χ1v) is 4.31. The Morgan fingerprint density at radius 1 is 1.27 bits per heavy atom. The summed E-state index contributed by atoms with van der Waals surface area (Å²) in [6, 6.07) is 6.52. The molecule has 0 aliphatic heterocycles. The summed E-state index contributed by atoms with van der Waals surface area (Å²) in [7, 11) is 0. The van der Waals surface area contributed by atoms with Crippen LogP contribution < -0.4 is 0 Å². The van der Waals surface area contributed by atoms with Gasteiger partial charge in [-0.1, -0.05) is 12.1 Å². The van der Waals surface area contributed by atoms with Crippen LogP contribution in [-0.4, -0.2) is 23.4 Å². The molecule has 0 aromatic heterocycles. The van der Waals surface area contributed by atoms with Crippen LogP contribution in [0.3, 0.4) is 0 Å². The molecule has 82 valence electrons. The van der Waals surface area contributed by atoms with E-state index in [0.29, 0.717) is 6.61 Å². The van der Waals surface area contributed by atoms with E-state index in [1.54, 1.807) is 24.3 Å². The molecule has 0 atom stereocenters. The smallest absolute Gasteiger partial charge is 0.294 e. The van der Waals surface area contributed by atoms with Gasteiger partial charge in [0.1, 0.15) is 12.4 Å². The van der Waals surface area contributed by atoms with E-state index in [-0.39, 0.29) is 19.0 Å². The summed E-state index contributed by atoms with van der Waals surface area (Å²) in [4.78, 5) is 13.8. The van der Waals surface area contributed by atoms with Crippen LogP contribution >= 0.6 is 0 Å². The van der Waals surface area contributed by atoms with E-state index in [2.05, 4.69) is 4.84 Å². The van der Waals surface area contributed by atoms with Gasteiger partial charge in [-0.15, -0.1) is 10.1 Å². The van der Waals surface area contributed by atoms with Gasteiger partial charge in [0.25, 0.3) is 5.09 Å². The maximum Gasteiger partial charge on any atom is 0.294 e. The normalized spacial score (nSPS) is 9.87. The maximum absolute atomic E-state index is 9.77. The molecule has 0 amide bonds. The first-order valence-electron chi connectivity index (χ1n) is 4.31. The molecule has 0 spiro atoms. The van der Waals surface area contributed by atoms with E-state index in [4.69, 9.17) is 9.84 Å². The van der Waals surface area contributed by atoms with E-state index in [0.717, 1.165) is 5.56 Å². The monoisotopic (exact) mass is 213 g/mol. The summed E-state index contributed by atoms with van der Waals surface area (Å²) < 4.78 is 5.10. The molecule has 0 radical (unpaired) electrons. The van der Waals surface area contributed by atoms with Gasteiger partial charge in [0.15, 0.2) is 0 Å². The van der Waals surface area contributed by atoms with Gasteiger partial charge in [0.2, 0.25) is 0 Å². The first-order chi connectivity index (χ1) is 7.18. The van der Waals surface area contributed by atoms with Crippen molar-refractivity contribution in [1.82, 2.24) is 0 Å². The quantitative estimate of drug-likeness (QED) is 0.435. The highest BCUT2D eigenvalue weighted by Crippen LogP contribution is 2.10. The number of hydrogen-bond acceptors (Lipinski definition) is 5. The van der Waals surface area contributed by atoms with Gasteiger partial charge in [-0.25, -0.2) is 0 Å². The minimum absolute atomic E-state index is 0.0783. The standard InChI is InChI=1S/C9H11NO5/c11-9-3-1-8(2-4-9)7-14-5-6-15-10(12)13/h1-4,11H,5-7H2. The average Bonchev–Trinajstić information content (AvgIpc) is 2.20. The lowest BCUT2D eigenvalue weighted by Crippen LogP contribution is -2.08. The summed E-state index contributed by atoms with van der Waals surface area (Å²) in [6.45, 7) is 0.411. The van der Waals surface area contributed by atoms with Crippen molar-refractivity contribution in [2.75, 3.05) is 13.2 Å². The van der Waals surface area contributed by atoms with E-state index in [1.165, 1.54) is 0 Å². The number of phenols is 1. The van der Waals surface area contributed by atoms with Crippen LogP contribution in [0.15, 0.2) is 24.3 Å². The van der Waals surface area contributed by atoms with Crippen LogP contribution in [0.25, 0.3) is 0 Å². The van der Waals surface area contributed by atoms with Crippen molar-refractivity contribution in [1.29, 1.82) is 0 Å². The fraction of sp³-hybridized carbons (Fsp3) is 0.333. The molecule has 0 aliphatic rings. The molecule has 15 heavy (non-hydrogen) atoms. The Bertz CT molecular complexity index is 311. The molecule has 1 rings (SSSR count). The summed E-state index contributed by atoms with van der Waals surface area (Å²) in [5.74, 6) is 0.190. The van der Waals surface area contributed by atoms with Crippen molar-refractivity contribution in [3.05, 3.63) is 39.9 Å². The number of rotatable bonds is 6. The number of phenolic OH excluding ortho intramolecular Hbond substituents is 1. The van der Waals surface area contributed by atoms with Crippen molar-refractivity contribution >= 4 is 0 Å². The highest BCUT2D eigenvalue weighted by molar-refractivity contribution is 5.25. The molecule has 1 aromatic carbocycles. The topological polar surface area (TPSA) is 81.8 Å². The summed E-state index contributed by atoms with van der Waals surface area (Å²) in [6.07, 6.45) is 0. The fourth-order valence-corrected chi connectivity index (χ4v) is 0.953. The number of benzene rings is 1. The number of hydrogen-bond donors (Lipinski definition) is 1. The second-order valence-electron chi connectivity index (χ2n) is 2.78. The lowest BCUT2D eigenvalue weighted by Gasteiger charge is -2.03. The highest BCUT2D eigenvalue weighted by Gasteiger charge is 1.96. The fourth-order valence-electron chi connectivity index (χ4n) is 0.953. The van der Waals surface area contributed by atoms with Gasteiger partial charge in [0, 0.05) is 0 Å². The summed E-state index contributed by atoms with van der Waals surface area (Å²) in [5, 5.41) is 17.9. The van der Waals surface area contributed by atoms with E-state index < -0.39 is 5.09 Å². The molecule has 0 fully saturated rings. The first kappa shape index (κ1) is 11.3. The van der Waals surface area contributed by atoms with Gasteiger partial charge in [-0.05, 0) is 17.7 Å². The molecule has 0 unspecified atom stereocenters. The minimum atomic E-state index is -0.857. The average molecular weight is 213 g/mol. The summed E-state index contributed by atoms with van der Waals surface area (Å²) >= 11 is 0. The molecule has 0 bridgehead atoms. The second kappa shape index (κ2) is 5.82. The van der Waals surface area contributed by atoms with Gasteiger partial charge >= 0.3 is 0 Å². The molecule has 0 saturated carbocycles. The Hall–Kier alpha value is -1.82. The van der Waals surface area contributed by atoms with E-state index >= 15 is 0 Å². The zero-order valence-corrected chi connectivity index (χ0v) is 7.96. The molecular formula is C9H11NO5. The predicted octanol–water partition coefficient (Wildman–Crippen LogP) is 1.12. The van der Waals surface area contributed by atoms with Crippen molar-refractivity contribution in [3.63, 3.8) is 0 Å². The lowest BCUT2D eigenvalue weighted by atomic mass is 10.2. The highest BCUT2D eigenvalue weighted by atomic mass is 17.0. The van der Waals surface area contributed by atoms with Gasteiger partial charge in [-0.2, -0.15) is 0 Å². The minimum Gasteiger partial charge on any atom is -0.508 e.